The van der Waals surface area contributed by atoms with Crippen LogP contribution in [0, 0.1) is 6.92 Å². The molecule has 0 aliphatic carbocycles. The Labute approximate surface area is 114 Å². The Hall–Kier alpha value is -1.64. The highest BCUT2D eigenvalue weighted by Crippen LogP contribution is 2.10. The number of carbonyl (C=O) groups excluding carboxylic acids is 1. The highest BCUT2D eigenvalue weighted by molar-refractivity contribution is 5.95. The molecule has 0 aliphatic rings. The maximum atomic E-state index is 12.5. The van der Waals surface area contributed by atoms with Crippen molar-refractivity contribution in [3.63, 3.8) is 0 Å². The zero-order valence-corrected chi connectivity index (χ0v) is 12.4. The van der Waals surface area contributed by atoms with Crippen LogP contribution < -0.4 is 16.1 Å². The van der Waals surface area contributed by atoms with E-state index in [1.54, 1.807) is 11.5 Å². The predicted octanol–water partition coefficient (Wildman–Crippen LogP) is 1.93. The van der Waals surface area contributed by atoms with E-state index in [2.05, 4.69) is 20.1 Å². The van der Waals surface area contributed by atoms with Gasteiger partial charge in [0.1, 0.15) is 0 Å². The first-order chi connectivity index (χ1) is 8.82. The minimum absolute atomic E-state index is 0.0409. The first-order valence-corrected chi connectivity index (χ1v) is 6.76. The zero-order chi connectivity index (χ0) is 14.7. The summed E-state index contributed by atoms with van der Waals surface area (Å²) in [6, 6.07) is 0.0409. The summed E-state index contributed by atoms with van der Waals surface area (Å²) in [6.45, 7) is 15.2. The monoisotopic (exact) mass is 261 g/mol. The second-order valence-corrected chi connectivity index (χ2v) is 5.15. The molecule has 0 bridgehead atoms. The molecule has 0 saturated heterocycles. The summed E-state index contributed by atoms with van der Waals surface area (Å²) < 4.78 is 1.63. The second-order valence-electron chi connectivity index (χ2n) is 5.15. The van der Waals surface area contributed by atoms with Crippen molar-refractivity contribution in [2.75, 3.05) is 0 Å². The van der Waals surface area contributed by atoms with Gasteiger partial charge in [-0.2, -0.15) is 0 Å². The molecule has 0 spiro atoms. The highest BCUT2D eigenvalue weighted by Gasteiger charge is 2.17. The van der Waals surface area contributed by atoms with Crippen molar-refractivity contribution < 1.29 is 4.79 Å². The largest absolute Gasteiger partial charge is 0.305 e. The Kier molecular flexibility index (Phi) is 4.87. The van der Waals surface area contributed by atoms with E-state index in [4.69, 9.17) is 0 Å². The van der Waals surface area contributed by atoms with Crippen molar-refractivity contribution in [2.24, 2.45) is 0 Å². The van der Waals surface area contributed by atoms with Crippen LogP contribution in [0.2, 0.25) is 0 Å². The minimum Gasteiger partial charge on any atom is -0.305 e. The van der Waals surface area contributed by atoms with Crippen LogP contribution in [0.5, 0.6) is 0 Å². The number of Topliss-reactive ketones (excluding diaryl/α,β-unsaturated/α-hetero) is 1. The van der Waals surface area contributed by atoms with Gasteiger partial charge in [-0.25, -0.2) is 0 Å². The summed E-state index contributed by atoms with van der Waals surface area (Å²) >= 11 is 0. The third-order valence-corrected chi connectivity index (χ3v) is 3.67. The van der Waals surface area contributed by atoms with Crippen molar-refractivity contribution in [1.82, 2.24) is 4.57 Å². The van der Waals surface area contributed by atoms with E-state index in [0.29, 0.717) is 16.1 Å². The molecule has 0 radical (unpaired) electrons. The molecule has 0 saturated carbocycles. The van der Waals surface area contributed by atoms with Crippen LogP contribution in [0.15, 0.2) is 4.79 Å². The van der Waals surface area contributed by atoms with Gasteiger partial charge in [0.25, 0.3) is 5.56 Å². The van der Waals surface area contributed by atoms with Crippen molar-refractivity contribution >= 4 is 18.9 Å². The van der Waals surface area contributed by atoms with Crippen LogP contribution in [0.3, 0.4) is 0 Å². The summed E-state index contributed by atoms with van der Waals surface area (Å²) in [6.07, 6.45) is 3.02. The highest BCUT2D eigenvalue weighted by atomic mass is 16.1. The standard InChI is InChI=1S/C16H23NO2/c1-7-8-9-10(2)17-13(5)11(3)12(4)15(14(6)18)16(17)19/h10H,3,5,7-9H2,1-2,4,6H3. The molecule has 1 unspecified atom stereocenters. The maximum Gasteiger partial charge on any atom is 0.262 e. The number of rotatable bonds is 5. The van der Waals surface area contributed by atoms with Crippen molar-refractivity contribution in [1.29, 1.82) is 0 Å². The third kappa shape index (κ3) is 2.86. The Morgan fingerprint density at radius 2 is 1.95 bits per heavy atom. The lowest BCUT2D eigenvalue weighted by molar-refractivity contribution is 0.101. The average Bonchev–Trinajstić information content (AvgIpc) is 2.33. The number of ketones is 1. The summed E-state index contributed by atoms with van der Waals surface area (Å²) in [5.41, 5.74) is 0.674. The molecule has 0 aliphatic heterocycles. The number of nitrogens with zero attached hydrogens (tertiary/aromatic N) is 1. The smallest absolute Gasteiger partial charge is 0.262 e. The number of hydrogen-bond donors (Lipinski definition) is 0. The van der Waals surface area contributed by atoms with Gasteiger partial charge in [0, 0.05) is 11.4 Å². The topological polar surface area (TPSA) is 39.1 Å². The number of pyridine rings is 1. The number of carbonyl (C=O) groups is 1. The molecule has 19 heavy (non-hydrogen) atoms. The van der Waals surface area contributed by atoms with Crippen molar-refractivity contribution in [2.45, 2.75) is 53.0 Å². The Balaban J connectivity index is 3.58. The summed E-state index contributed by atoms with van der Waals surface area (Å²) in [7, 11) is 0. The third-order valence-electron chi connectivity index (χ3n) is 3.67. The van der Waals surface area contributed by atoms with E-state index in [0.717, 1.165) is 19.3 Å². The quantitative estimate of drug-likeness (QED) is 0.760. The molecule has 1 atom stereocenters. The molecule has 1 aromatic rings. The fourth-order valence-corrected chi connectivity index (χ4v) is 2.43. The van der Waals surface area contributed by atoms with Gasteiger partial charge in [-0.1, -0.05) is 32.9 Å². The molecule has 1 aromatic heterocycles. The fraction of sp³-hybridized carbons (Fsp3) is 0.500. The van der Waals surface area contributed by atoms with Gasteiger partial charge >= 0.3 is 0 Å². The second kappa shape index (κ2) is 6.00. The van der Waals surface area contributed by atoms with E-state index in [-0.39, 0.29) is 22.9 Å². The lowest BCUT2D eigenvalue weighted by Gasteiger charge is -2.18. The molecule has 0 amide bonds. The first-order valence-electron chi connectivity index (χ1n) is 6.76. The van der Waals surface area contributed by atoms with Crippen LogP contribution in [0.4, 0.5) is 0 Å². The van der Waals surface area contributed by atoms with Gasteiger partial charge < -0.3 is 4.57 Å². The summed E-state index contributed by atoms with van der Waals surface area (Å²) in [5, 5.41) is 1.31. The van der Waals surface area contributed by atoms with Gasteiger partial charge in [-0.05, 0) is 38.0 Å². The molecule has 3 nitrogen and oxygen atoms in total. The van der Waals surface area contributed by atoms with Gasteiger partial charge in [0.2, 0.25) is 0 Å². The van der Waals surface area contributed by atoms with E-state index in [9.17, 15) is 9.59 Å². The van der Waals surface area contributed by atoms with E-state index < -0.39 is 0 Å². The molecule has 3 heteroatoms. The summed E-state index contributed by atoms with van der Waals surface area (Å²) in [4.78, 5) is 24.2. The van der Waals surface area contributed by atoms with Crippen molar-refractivity contribution in [3.05, 3.63) is 32.0 Å². The maximum absolute atomic E-state index is 12.5. The molecule has 0 N–H and O–H groups in total. The zero-order valence-electron chi connectivity index (χ0n) is 12.4. The van der Waals surface area contributed by atoms with Gasteiger partial charge in [0.05, 0.1) is 5.56 Å². The molecule has 1 rings (SSSR count). The number of aromatic nitrogens is 1. The van der Waals surface area contributed by atoms with Gasteiger partial charge in [-0.3, -0.25) is 9.59 Å². The van der Waals surface area contributed by atoms with Gasteiger partial charge in [-0.15, -0.1) is 0 Å². The van der Waals surface area contributed by atoms with Crippen LogP contribution in [-0.4, -0.2) is 10.4 Å². The molecule has 0 aromatic carbocycles. The van der Waals surface area contributed by atoms with Crippen molar-refractivity contribution in [3.8, 4) is 0 Å². The Morgan fingerprint density at radius 3 is 2.42 bits per heavy atom. The van der Waals surface area contributed by atoms with Crippen LogP contribution >= 0.6 is 0 Å². The molecule has 1 heterocycles. The van der Waals surface area contributed by atoms with E-state index >= 15 is 0 Å². The SMILES string of the molecule is C=c1c(C)c(C(C)=O)c(=O)n(C(C)CCCC)c1=C. The van der Waals surface area contributed by atoms with Crippen LogP contribution in [0.1, 0.15) is 62.0 Å². The summed E-state index contributed by atoms with van der Waals surface area (Å²) in [5.74, 6) is -0.205. The molecule has 0 fully saturated rings. The first kappa shape index (κ1) is 15.4. The molecular formula is C16H23NO2. The average molecular weight is 261 g/mol. The number of unbranched alkanes of at least 4 members (excludes halogenated alkanes) is 1. The lowest BCUT2D eigenvalue weighted by atomic mass is 10.0. The number of hydrogen-bond acceptors (Lipinski definition) is 2. The lowest BCUT2D eigenvalue weighted by Crippen LogP contribution is -2.47. The van der Waals surface area contributed by atoms with Gasteiger partial charge in [0.15, 0.2) is 5.78 Å². The fourth-order valence-electron chi connectivity index (χ4n) is 2.43. The molecule has 104 valence electrons. The predicted molar refractivity (Wildman–Crippen MR) is 80.0 cm³/mol. The molecular weight excluding hydrogens is 238 g/mol. The minimum atomic E-state index is -0.231. The normalized spacial score (nSPS) is 12.4. The van der Waals surface area contributed by atoms with E-state index in [1.165, 1.54) is 6.92 Å². The van der Waals surface area contributed by atoms with E-state index in [1.807, 2.05) is 6.92 Å². The van der Waals surface area contributed by atoms with Crippen LogP contribution in [0.25, 0.3) is 13.2 Å². The van der Waals surface area contributed by atoms with Crippen LogP contribution in [-0.2, 0) is 0 Å². The Bertz CT molecular complexity index is 640. The Morgan fingerprint density at radius 1 is 1.37 bits per heavy atom.